The number of hydrazine groups is 1. The Balaban J connectivity index is 1.23. The van der Waals surface area contributed by atoms with Gasteiger partial charge in [0.05, 0.1) is 35.9 Å². The van der Waals surface area contributed by atoms with E-state index in [9.17, 15) is 4.39 Å². The number of nitrogens with one attached hydrogen (secondary N) is 2. The topological polar surface area (TPSA) is 96.9 Å². The van der Waals surface area contributed by atoms with E-state index in [1.807, 2.05) is 0 Å². The SMILES string of the molecule is C[C@@H]1CCOC[C@H]2CN(CCO2)c2nc(OC[C@@]34CCCN3C[C@H](F)C4)nc3c(F)c(ncc23)C2C(C1)C(Cl)CC1NNCC12. The van der Waals surface area contributed by atoms with E-state index in [0.29, 0.717) is 68.7 Å². The zero-order valence-corrected chi connectivity index (χ0v) is 26.7. The molecule has 1 aliphatic carbocycles. The van der Waals surface area contributed by atoms with E-state index in [0.717, 1.165) is 45.2 Å². The van der Waals surface area contributed by atoms with Crippen molar-refractivity contribution in [2.45, 2.75) is 80.6 Å². The maximum absolute atomic E-state index is 17.1. The van der Waals surface area contributed by atoms with Crippen LogP contribution in [0.25, 0.3) is 10.9 Å². The van der Waals surface area contributed by atoms with Gasteiger partial charge in [0.1, 0.15) is 24.1 Å². The number of alkyl halides is 2. The second kappa shape index (κ2) is 12.2. The summed E-state index contributed by atoms with van der Waals surface area (Å²) in [7, 11) is 0. The van der Waals surface area contributed by atoms with Crippen molar-refractivity contribution in [3.63, 3.8) is 0 Å². The fourth-order valence-electron chi connectivity index (χ4n) is 9.14. The van der Waals surface area contributed by atoms with Gasteiger partial charge in [0, 0.05) is 62.7 Å². The molecule has 1 saturated carbocycles. The van der Waals surface area contributed by atoms with Crippen LogP contribution in [-0.4, -0.2) is 108 Å². The molecular formula is C32H44ClF2N7O3. The molecular weight excluding hydrogens is 604 g/mol. The zero-order valence-electron chi connectivity index (χ0n) is 25.9. The first-order valence-corrected chi connectivity index (χ1v) is 17.3. The molecule has 13 heteroatoms. The lowest BCUT2D eigenvalue weighted by Gasteiger charge is -2.43. The van der Waals surface area contributed by atoms with Gasteiger partial charge in [-0.2, -0.15) is 9.97 Å². The molecule has 4 saturated heterocycles. The number of hydrogen-bond acceptors (Lipinski definition) is 10. The minimum Gasteiger partial charge on any atom is -0.461 e. The summed E-state index contributed by atoms with van der Waals surface area (Å²) >= 11 is 7.13. The second-order valence-corrected chi connectivity index (χ2v) is 14.9. The van der Waals surface area contributed by atoms with E-state index in [1.165, 1.54) is 0 Å². The number of fused-ring (bicyclic) bond motifs is 8. The average molecular weight is 648 g/mol. The molecule has 2 aromatic rings. The maximum atomic E-state index is 17.1. The van der Waals surface area contributed by atoms with Crippen molar-refractivity contribution < 1.29 is 23.0 Å². The highest BCUT2D eigenvalue weighted by atomic mass is 35.5. The molecule has 0 aromatic carbocycles. The number of halogens is 3. The van der Waals surface area contributed by atoms with Crippen LogP contribution in [0.3, 0.4) is 0 Å². The van der Waals surface area contributed by atoms with Crippen LogP contribution in [-0.2, 0) is 9.47 Å². The van der Waals surface area contributed by atoms with Crippen molar-refractivity contribution in [3.05, 3.63) is 17.7 Å². The first-order valence-electron chi connectivity index (χ1n) is 16.8. The summed E-state index contributed by atoms with van der Waals surface area (Å²) in [4.78, 5) is 18.8. The van der Waals surface area contributed by atoms with Crippen molar-refractivity contribution in [1.29, 1.82) is 0 Å². The number of pyridine rings is 1. The first kappa shape index (κ1) is 30.4. The lowest BCUT2D eigenvalue weighted by molar-refractivity contribution is -0.0263. The van der Waals surface area contributed by atoms with Crippen LogP contribution in [0.5, 0.6) is 6.01 Å². The van der Waals surface area contributed by atoms with E-state index in [2.05, 4.69) is 27.6 Å². The third kappa shape index (κ3) is 5.57. The van der Waals surface area contributed by atoms with Gasteiger partial charge in [0.15, 0.2) is 5.82 Å². The van der Waals surface area contributed by atoms with Crippen LogP contribution in [0.1, 0.15) is 57.1 Å². The normalized spacial score (nSPS) is 38.9. The van der Waals surface area contributed by atoms with Crippen molar-refractivity contribution in [2.24, 2.45) is 17.8 Å². The molecule has 9 atom stereocenters. The quantitative estimate of drug-likeness (QED) is 0.482. The monoisotopic (exact) mass is 647 g/mol. The zero-order chi connectivity index (χ0) is 30.7. The highest BCUT2D eigenvalue weighted by Gasteiger charge is 2.50. The van der Waals surface area contributed by atoms with Crippen molar-refractivity contribution >= 4 is 28.3 Å². The summed E-state index contributed by atoms with van der Waals surface area (Å²) in [5, 5.41) is 0.422. The fourth-order valence-corrected chi connectivity index (χ4v) is 9.60. The standard InChI is InChI=1S/C32H44ClF2N7O3/c1-18-3-7-43-16-20-15-41(6-8-44-20)30-23-12-36-29(26-21(9-18)24(33)10-25-22(26)13-37-40-25)27(35)28(23)38-31(39-30)45-17-32-4-2-5-42(32)14-19(34)11-32/h12,18-22,24-26,37,40H,2-11,13-17H2,1H3/t18-,19-,20-,21?,22?,24?,25?,26?,32+/m1/s1. The Morgan fingerprint density at radius 3 is 3.00 bits per heavy atom. The van der Waals surface area contributed by atoms with Gasteiger partial charge >= 0.3 is 6.01 Å². The van der Waals surface area contributed by atoms with Crippen LogP contribution in [0.2, 0.25) is 0 Å². The third-order valence-electron chi connectivity index (χ3n) is 11.4. The van der Waals surface area contributed by atoms with Crippen molar-refractivity contribution in [3.8, 4) is 6.01 Å². The van der Waals surface area contributed by atoms with Crippen LogP contribution in [0.15, 0.2) is 6.20 Å². The minimum atomic E-state index is -0.868. The lowest BCUT2D eigenvalue weighted by Crippen LogP contribution is -2.46. The molecule has 6 aliphatic heterocycles. The van der Waals surface area contributed by atoms with Crippen LogP contribution < -0.4 is 20.5 Å². The first-order chi connectivity index (χ1) is 21.9. The van der Waals surface area contributed by atoms with E-state index >= 15 is 4.39 Å². The van der Waals surface area contributed by atoms with Gasteiger partial charge in [-0.15, -0.1) is 11.6 Å². The highest BCUT2D eigenvalue weighted by molar-refractivity contribution is 6.21. The summed E-state index contributed by atoms with van der Waals surface area (Å²) in [6, 6.07) is 0.253. The molecule has 0 radical (unpaired) electrons. The molecule has 246 valence electrons. The molecule has 45 heavy (non-hydrogen) atoms. The van der Waals surface area contributed by atoms with Crippen LogP contribution in [0, 0.1) is 23.6 Å². The predicted octanol–water partition coefficient (Wildman–Crippen LogP) is 3.57. The van der Waals surface area contributed by atoms with Gasteiger partial charge in [-0.3, -0.25) is 20.7 Å². The Bertz CT molecular complexity index is 1410. The Kier molecular flexibility index (Phi) is 8.27. The Morgan fingerprint density at radius 2 is 2.09 bits per heavy atom. The summed E-state index contributed by atoms with van der Waals surface area (Å²) in [5.74, 6) is 0.508. The average Bonchev–Trinajstić information content (AvgIpc) is 3.73. The van der Waals surface area contributed by atoms with Gasteiger partial charge < -0.3 is 19.1 Å². The van der Waals surface area contributed by atoms with Gasteiger partial charge in [-0.05, 0) is 56.4 Å². The van der Waals surface area contributed by atoms with E-state index in [-0.39, 0.29) is 58.9 Å². The van der Waals surface area contributed by atoms with Gasteiger partial charge in [0.2, 0.25) is 0 Å². The van der Waals surface area contributed by atoms with Gasteiger partial charge in [0.25, 0.3) is 0 Å². The lowest BCUT2D eigenvalue weighted by atomic mass is 9.65. The van der Waals surface area contributed by atoms with Crippen LogP contribution >= 0.6 is 11.6 Å². The number of rotatable bonds is 3. The van der Waals surface area contributed by atoms with E-state index < -0.39 is 12.0 Å². The fraction of sp³-hybridized carbons (Fsp3) is 0.781. The largest absolute Gasteiger partial charge is 0.461 e. The number of aromatic nitrogens is 3. The highest BCUT2D eigenvalue weighted by Crippen LogP contribution is 2.49. The molecule has 6 bridgehead atoms. The molecule has 2 aromatic heterocycles. The summed E-state index contributed by atoms with van der Waals surface area (Å²) in [5.41, 5.74) is 6.95. The molecule has 2 N–H and O–H groups in total. The van der Waals surface area contributed by atoms with E-state index in [1.54, 1.807) is 6.20 Å². The molecule has 0 spiro atoms. The number of ether oxygens (including phenoxy) is 3. The van der Waals surface area contributed by atoms with Crippen molar-refractivity contribution in [1.82, 2.24) is 30.7 Å². The predicted molar refractivity (Wildman–Crippen MR) is 166 cm³/mol. The van der Waals surface area contributed by atoms with Crippen LogP contribution in [0.4, 0.5) is 14.6 Å². The smallest absolute Gasteiger partial charge is 0.319 e. The van der Waals surface area contributed by atoms with Crippen molar-refractivity contribution in [2.75, 3.05) is 64.1 Å². The third-order valence-corrected chi connectivity index (χ3v) is 11.9. The molecule has 5 unspecified atom stereocenters. The Hall–Kier alpha value is -1.96. The molecule has 5 fully saturated rings. The van der Waals surface area contributed by atoms with E-state index in [4.69, 9.17) is 40.8 Å². The summed E-state index contributed by atoms with van der Waals surface area (Å²) in [6.07, 6.45) is 5.61. The minimum absolute atomic E-state index is 0.0453. The maximum Gasteiger partial charge on any atom is 0.319 e. The van der Waals surface area contributed by atoms with Gasteiger partial charge in [-0.1, -0.05) is 6.92 Å². The number of nitrogens with zero attached hydrogens (tertiary/aromatic N) is 5. The molecule has 10 nitrogen and oxygen atoms in total. The summed E-state index contributed by atoms with van der Waals surface area (Å²) < 4.78 is 50.1. The van der Waals surface area contributed by atoms with Gasteiger partial charge in [-0.25, -0.2) is 8.78 Å². The Morgan fingerprint density at radius 1 is 1.18 bits per heavy atom. The number of hydrogen-bond donors (Lipinski definition) is 2. The number of morpholine rings is 1. The molecule has 9 rings (SSSR count). The molecule has 0 amide bonds. The number of anilines is 1. The molecule has 7 aliphatic rings. The molecule has 8 heterocycles. The summed E-state index contributed by atoms with van der Waals surface area (Å²) in [6.45, 7) is 7.26. The second-order valence-electron chi connectivity index (χ2n) is 14.3. The Labute approximate surface area is 267 Å².